The first-order valence-electron chi connectivity index (χ1n) is 3.55. The van der Waals surface area contributed by atoms with Crippen molar-refractivity contribution < 1.29 is 14.2 Å². The predicted octanol–water partition coefficient (Wildman–Crippen LogP) is 2.95. The summed E-state index contributed by atoms with van der Waals surface area (Å²) in [7, 11) is 1.60. The van der Waals surface area contributed by atoms with Gasteiger partial charge in [0.1, 0.15) is 4.47 Å². The van der Waals surface area contributed by atoms with Crippen LogP contribution in [0.4, 0.5) is 0 Å². The zero-order valence-corrected chi connectivity index (χ0v) is 9.94. The molecule has 0 bridgehead atoms. The molecule has 70 valence electrons. The molecule has 0 N–H and O–H groups in total. The Hall–Kier alpha value is -0.420. The molecule has 2 rings (SSSR count). The number of methoxy groups -OCH3 is 1. The maximum atomic E-state index is 5.26. The van der Waals surface area contributed by atoms with Crippen LogP contribution in [-0.2, 0) is 0 Å². The summed E-state index contributed by atoms with van der Waals surface area (Å²) in [6, 6.07) is 1.83. The van der Waals surface area contributed by atoms with E-state index >= 15 is 0 Å². The van der Waals surface area contributed by atoms with E-state index in [1.165, 1.54) is 0 Å². The summed E-state index contributed by atoms with van der Waals surface area (Å²) in [5.74, 6) is 2.13. The highest BCUT2D eigenvalue weighted by atomic mass is 79.9. The third-order valence-corrected chi connectivity index (χ3v) is 3.03. The van der Waals surface area contributed by atoms with Crippen molar-refractivity contribution in [2.45, 2.75) is 0 Å². The summed E-state index contributed by atoms with van der Waals surface area (Å²) in [6.07, 6.45) is 0. The van der Waals surface area contributed by atoms with E-state index in [1.807, 2.05) is 6.07 Å². The van der Waals surface area contributed by atoms with Gasteiger partial charge in [-0.1, -0.05) is 0 Å². The van der Waals surface area contributed by atoms with Crippen LogP contribution in [0.15, 0.2) is 15.0 Å². The van der Waals surface area contributed by atoms with E-state index in [1.54, 1.807) is 7.11 Å². The minimum atomic E-state index is 0.257. The van der Waals surface area contributed by atoms with Crippen molar-refractivity contribution in [3.05, 3.63) is 15.0 Å². The summed E-state index contributed by atoms with van der Waals surface area (Å²) in [5.41, 5.74) is 0. The van der Waals surface area contributed by atoms with Gasteiger partial charge in [0.05, 0.1) is 11.6 Å². The van der Waals surface area contributed by atoms with E-state index in [-0.39, 0.29) is 6.79 Å². The van der Waals surface area contributed by atoms with Gasteiger partial charge in [-0.05, 0) is 31.9 Å². The van der Waals surface area contributed by atoms with Crippen LogP contribution in [0.2, 0.25) is 0 Å². The Bertz CT molecular complexity index is 348. The molecule has 1 heterocycles. The van der Waals surface area contributed by atoms with Crippen LogP contribution in [0, 0.1) is 0 Å². The molecule has 1 aromatic carbocycles. The molecule has 0 radical (unpaired) electrons. The van der Waals surface area contributed by atoms with Gasteiger partial charge >= 0.3 is 0 Å². The molecule has 13 heavy (non-hydrogen) atoms. The third-order valence-electron chi connectivity index (χ3n) is 1.72. The first kappa shape index (κ1) is 9.15. The molecule has 1 aliphatic rings. The Morgan fingerprint density at radius 3 is 2.85 bits per heavy atom. The van der Waals surface area contributed by atoms with Gasteiger partial charge in [0, 0.05) is 6.07 Å². The minimum Gasteiger partial charge on any atom is -0.494 e. The fraction of sp³-hybridized carbons (Fsp3) is 0.250. The second kappa shape index (κ2) is 3.38. The van der Waals surface area contributed by atoms with Gasteiger partial charge < -0.3 is 14.2 Å². The smallest absolute Gasteiger partial charge is 0.231 e. The fourth-order valence-electron chi connectivity index (χ4n) is 1.14. The van der Waals surface area contributed by atoms with Crippen molar-refractivity contribution >= 4 is 31.9 Å². The maximum absolute atomic E-state index is 5.26. The molecule has 0 saturated carbocycles. The van der Waals surface area contributed by atoms with Crippen molar-refractivity contribution in [1.29, 1.82) is 0 Å². The number of rotatable bonds is 1. The number of hydrogen-bond donors (Lipinski definition) is 0. The van der Waals surface area contributed by atoms with Crippen LogP contribution < -0.4 is 14.2 Å². The number of halogens is 2. The molecule has 0 saturated heterocycles. The molecule has 1 aliphatic heterocycles. The Labute approximate surface area is 92.2 Å². The highest BCUT2D eigenvalue weighted by Gasteiger charge is 2.22. The lowest BCUT2D eigenvalue weighted by atomic mass is 10.3. The summed E-state index contributed by atoms with van der Waals surface area (Å²) in [5, 5.41) is 0. The van der Waals surface area contributed by atoms with Crippen LogP contribution in [0.1, 0.15) is 0 Å². The monoisotopic (exact) mass is 308 g/mol. The molecule has 0 atom stereocenters. The normalized spacial score (nSPS) is 13.2. The molecule has 0 spiro atoms. The van der Waals surface area contributed by atoms with Crippen molar-refractivity contribution in [2.75, 3.05) is 13.9 Å². The molecule has 3 nitrogen and oxygen atoms in total. The predicted molar refractivity (Wildman–Crippen MR) is 54.5 cm³/mol. The first-order valence-corrected chi connectivity index (χ1v) is 5.14. The Morgan fingerprint density at radius 1 is 1.38 bits per heavy atom. The lowest BCUT2D eigenvalue weighted by molar-refractivity contribution is 0.173. The van der Waals surface area contributed by atoms with Gasteiger partial charge in [0.25, 0.3) is 0 Å². The van der Waals surface area contributed by atoms with E-state index in [9.17, 15) is 0 Å². The summed E-state index contributed by atoms with van der Waals surface area (Å²) < 4.78 is 17.3. The molecule has 0 aliphatic carbocycles. The van der Waals surface area contributed by atoms with E-state index in [2.05, 4.69) is 31.9 Å². The van der Waals surface area contributed by atoms with Crippen LogP contribution in [0.3, 0.4) is 0 Å². The zero-order chi connectivity index (χ0) is 9.42. The van der Waals surface area contributed by atoms with Crippen molar-refractivity contribution in [3.8, 4) is 17.2 Å². The molecule has 0 unspecified atom stereocenters. The molecule has 1 aromatic rings. The molecule has 0 fully saturated rings. The van der Waals surface area contributed by atoms with E-state index in [0.717, 1.165) is 14.7 Å². The Morgan fingerprint density at radius 2 is 2.15 bits per heavy atom. The lowest BCUT2D eigenvalue weighted by Gasteiger charge is -2.07. The van der Waals surface area contributed by atoms with Crippen LogP contribution in [0.25, 0.3) is 0 Å². The number of benzene rings is 1. The second-order valence-electron chi connectivity index (χ2n) is 2.44. The average Bonchev–Trinajstić information content (AvgIpc) is 2.53. The number of hydrogen-bond acceptors (Lipinski definition) is 3. The van der Waals surface area contributed by atoms with Gasteiger partial charge in [-0.15, -0.1) is 0 Å². The van der Waals surface area contributed by atoms with Gasteiger partial charge in [-0.2, -0.15) is 0 Å². The highest BCUT2D eigenvalue weighted by molar-refractivity contribution is 9.11. The molecule has 0 amide bonds. The zero-order valence-electron chi connectivity index (χ0n) is 6.77. The standard InChI is InChI=1S/C8H6Br2O3/c1-11-7-4(9)2-5-8(6(7)10)13-3-12-5/h2H,3H2,1H3. The fourth-order valence-corrected chi connectivity index (χ4v) is 2.66. The Balaban J connectivity index is 2.62. The molecular formula is C8H6Br2O3. The van der Waals surface area contributed by atoms with Gasteiger partial charge in [-0.3, -0.25) is 0 Å². The average molecular weight is 310 g/mol. The summed E-state index contributed by atoms with van der Waals surface area (Å²) >= 11 is 6.75. The summed E-state index contributed by atoms with van der Waals surface area (Å²) in [4.78, 5) is 0. The Kier molecular flexibility index (Phi) is 2.38. The van der Waals surface area contributed by atoms with Crippen LogP contribution in [-0.4, -0.2) is 13.9 Å². The van der Waals surface area contributed by atoms with Gasteiger partial charge in [0.2, 0.25) is 6.79 Å². The van der Waals surface area contributed by atoms with Crippen molar-refractivity contribution in [3.63, 3.8) is 0 Å². The quantitative estimate of drug-likeness (QED) is 0.798. The van der Waals surface area contributed by atoms with Gasteiger partial charge in [0.15, 0.2) is 17.2 Å². The topological polar surface area (TPSA) is 27.7 Å². The molecule has 5 heteroatoms. The molecular weight excluding hydrogens is 304 g/mol. The first-order chi connectivity index (χ1) is 6.24. The number of ether oxygens (including phenoxy) is 3. The largest absolute Gasteiger partial charge is 0.494 e. The van der Waals surface area contributed by atoms with Crippen LogP contribution >= 0.6 is 31.9 Å². The van der Waals surface area contributed by atoms with E-state index in [4.69, 9.17) is 14.2 Å². The molecule has 0 aromatic heterocycles. The van der Waals surface area contributed by atoms with Crippen molar-refractivity contribution in [1.82, 2.24) is 0 Å². The van der Waals surface area contributed by atoms with Crippen LogP contribution in [0.5, 0.6) is 17.2 Å². The maximum Gasteiger partial charge on any atom is 0.231 e. The SMILES string of the molecule is COc1c(Br)cc2c(c1Br)OCO2. The van der Waals surface area contributed by atoms with Crippen molar-refractivity contribution in [2.24, 2.45) is 0 Å². The highest BCUT2D eigenvalue weighted by Crippen LogP contribution is 2.48. The number of fused-ring (bicyclic) bond motifs is 1. The van der Waals surface area contributed by atoms with E-state index in [0.29, 0.717) is 11.5 Å². The lowest BCUT2D eigenvalue weighted by Crippen LogP contribution is -1.93. The van der Waals surface area contributed by atoms with Gasteiger partial charge in [-0.25, -0.2) is 0 Å². The van der Waals surface area contributed by atoms with E-state index < -0.39 is 0 Å². The third kappa shape index (κ3) is 1.40. The second-order valence-corrected chi connectivity index (χ2v) is 4.09. The minimum absolute atomic E-state index is 0.257. The summed E-state index contributed by atoms with van der Waals surface area (Å²) in [6.45, 7) is 0.257.